The van der Waals surface area contributed by atoms with Gasteiger partial charge in [-0.2, -0.15) is 0 Å². The van der Waals surface area contributed by atoms with Crippen LogP contribution in [0.25, 0.3) is 0 Å². The maximum absolute atomic E-state index is 11.6. The summed E-state index contributed by atoms with van der Waals surface area (Å²) in [6, 6.07) is 6.01. The molecule has 0 radical (unpaired) electrons. The Labute approximate surface area is 108 Å². The number of hydrogen-bond donors (Lipinski definition) is 0. The van der Waals surface area contributed by atoms with Gasteiger partial charge in [0.1, 0.15) is 5.60 Å². The molecule has 0 N–H and O–H groups in total. The summed E-state index contributed by atoms with van der Waals surface area (Å²) in [5, 5.41) is 0. The molecular formula is C12H13BrO4. The van der Waals surface area contributed by atoms with Crippen LogP contribution in [0.3, 0.4) is 0 Å². The van der Waals surface area contributed by atoms with Crippen molar-refractivity contribution in [3.8, 4) is 5.75 Å². The van der Waals surface area contributed by atoms with Gasteiger partial charge in [-0.25, -0.2) is 4.79 Å². The molecule has 0 atom stereocenters. The molecule has 0 bridgehead atoms. The molecule has 5 heteroatoms. The van der Waals surface area contributed by atoms with Crippen molar-refractivity contribution in [3.05, 3.63) is 39.0 Å². The van der Waals surface area contributed by atoms with Crippen LogP contribution < -0.4 is 10.2 Å². The van der Waals surface area contributed by atoms with Crippen molar-refractivity contribution in [2.45, 2.75) is 26.4 Å². The maximum Gasteiger partial charge on any atom is 0.514 e. The number of halogens is 1. The Hall–Kier alpha value is -1.36. The van der Waals surface area contributed by atoms with E-state index in [1.54, 1.807) is 32.9 Å². The SMILES string of the molecule is CC(C)(C)OC(=O)Oc1cccc(Br)cc1=O. The molecule has 0 aromatic heterocycles. The molecule has 0 saturated heterocycles. The summed E-state index contributed by atoms with van der Waals surface area (Å²) in [6.07, 6.45) is -0.892. The highest BCUT2D eigenvalue weighted by molar-refractivity contribution is 9.10. The van der Waals surface area contributed by atoms with Gasteiger partial charge in [-0.05, 0) is 32.9 Å². The summed E-state index contributed by atoms with van der Waals surface area (Å²) in [4.78, 5) is 23.0. The molecule has 1 aromatic carbocycles. The molecular weight excluding hydrogens is 288 g/mol. The number of hydrogen-bond acceptors (Lipinski definition) is 4. The van der Waals surface area contributed by atoms with Gasteiger partial charge >= 0.3 is 6.16 Å². The topological polar surface area (TPSA) is 52.6 Å². The standard InChI is InChI=1S/C12H13BrO4/c1-12(2,3)17-11(15)16-10-6-4-5-8(13)7-9(10)14/h4-7H,1-3H3. The monoisotopic (exact) mass is 300 g/mol. The lowest BCUT2D eigenvalue weighted by Crippen LogP contribution is -2.26. The minimum atomic E-state index is -0.892. The van der Waals surface area contributed by atoms with E-state index in [9.17, 15) is 9.59 Å². The van der Waals surface area contributed by atoms with Crippen molar-refractivity contribution in [1.29, 1.82) is 0 Å². The average molecular weight is 301 g/mol. The van der Waals surface area contributed by atoms with Crippen LogP contribution in [0.15, 0.2) is 33.5 Å². The summed E-state index contributed by atoms with van der Waals surface area (Å²) < 4.78 is 10.4. The van der Waals surface area contributed by atoms with Crippen molar-refractivity contribution >= 4 is 22.1 Å². The van der Waals surface area contributed by atoms with Gasteiger partial charge in [0.15, 0.2) is 5.75 Å². The first-order valence-corrected chi connectivity index (χ1v) is 5.78. The lowest BCUT2D eigenvalue weighted by Gasteiger charge is -2.18. The van der Waals surface area contributed by atoms with Crippen molar-refractivity contribution in [1.82, 2.24) is 0 Å². The van der Waals surface area contributed by atoms with E-state index in [0.29, 0.717) is 4.47 Å². The van der Waals surface area contributed by atoms with Crippen LogP contribution in [-0.4, -0.2) is 11.8 Å². The summed E-state index contributed by atoms with van der Waals surface area (Å²) in [5.41, 5.74) is -1.05. The van der Waals surface area contributed by atoms with Crippen LogP contribution in [0.4, 0.5) is 4.79 Å². The first-order valence-electron chi connectivity index (χ1n) is 4.99. The molecule has 0 aliphatic carbocycles. The molecule has 0 aliphatic heterocycles. The molecule has 1 rings (SSSR count). The fourth-order valence-corrected chi connectivity index (χ4v) is 1.36. The Morgan fingerprint density at radius 3 is 2.53 bits per heavy atom. The van der Waals surface area contributed by atoms with Crippen LogP contribution in [-0.2, 0) is 4.74 Å². The molecule has 0 saturated carbocycles. The second-order valence-corrected chi connectivity index (χ2v) is 5.27. The summed E-state index contributed by atoms with van der Waals surface area (Å²) in [6.45, 7) is 5.15. The lowest BCUT2D eigenvalue weighted by molar-refractivity contribution is 0.0204. The molecule has 0 fully saturated rings. The van der Waals surface area contributed by atoms with Crippen molar-refractivity contribution < 1.29 is 14.3 Å². The van der Waals surface area contributed by atoms with Gasteiger partial charge in [0.05, 0.1) is 0 Å². The Balaban J connectivity index is 2.87. The van der Waals surface area contributed by atoms with E-state index in [1.165, 1.54) is 12.1 Å². The fraction of sp³-hybridized carbons (Fsp3) is 0.333. The first kappa shape index (κ1) is 13.7. The quantitative estimate of drug-likeness (QED) is 0.748. The third-order valence-electron chi connectivity index (χ3n) is 1.60. The highest BCUT2D eigenvalue weighted by Gasteiger charge is 2.18. The van der Waals surface area contributed by atoms with Gasteiger partial charge in [0, 0.05) is 10.5 Å². The zero-order valence-electron chi connectivity index (χ0n) is 9.82. The van der Waals surface area contributed by atoms with E-state index < -0.39 is 17.2 Å². The number of ether oxygens (including phenoxy) is 2. The Bertz CT molecular complexity index is 477. The van der Waals surface area contributed by atoms with E-state index in [0.717, 1.165) is 0 Å². The molecule has 0 spiro atoms. The Morgan fingerprint density at radius 1 is 1.29 bits per heavy atom. The fourth-order valence-electron chi connectivity index (χ4n) is 0.999. The first-order chi connectivity index (χ1) is 7.78. The second-order valence-electron chi connectivity index (χ2n) is 4.35. The third-order valence-corrected chi connectivity index (χ3v) is 2.09. The van der Waals surface area contributed by atoms with Gasteiger partial charge in [0.2, 0.25) is 5.43 Å². The minimum absolute atomic E-state index is 0.0649. The van der Waals surface area contributed by atoms with E-state index in [2.05, 4.69) is 15.9 Å². The Morgan fingerprint density at radius 2 is 1.94 bits per heavy atom. The molecule has 0 heterocycles. The van der Waals surface area contributed by atoms with Crippen LogP contribution >= 0.6 is 15.9 Å². The molecule has 92 valence electrons. The highest BCUT2D eigenvalue weighted by Crippen LogP contribution is 2.12. The molecule has 4 nitrogen and oxygen atoms in total. The predicted octanol–water partition coefficient (Wildman–Crippen LogP) is 3.12. The van der Waals surface area contributed by atoms with Gasteiger partial charge < -0.3 is 9.47 Å². The van der Waals surface area contributed by atoms with Gasteiger partial charge in [-0.15, -0.1) is 0 Å². The number of carbonyl (C=O) groups is 1. The second kappa shape index (κ2) is 5.31. The zero-order valence-corrected chi connectivity index (χ0v) is 11.4. The van der Waals surface area contributed by atoms with Gasteiger partial charge in [-0.3, -0.25) is 4.79 Å². The highest BCUT2D eigenvalue weighted by atomic mass is 79.9. The largest absolute Gasteiger partial charge is 0.514 e. The Kier molecular flexibility index (Phi) is 4.28. The number of carbonyl (C=O) groups excluding carboxylic acids is 1. The average Bonchev–Trinajstić information content (AvgIpc) is 2.25. The molecule has 0 amide bonds. The number of rotatable bonds is 1. The van der Waals surface area contributed by atoms with Crippen LogP contribution in [0.2, 0.25) is 0 Å². The van der Waals surface area contributed by atoms with Gasteiger partial charge in [-0.1, -0.05) is 22.0 Å². The van der Waals surface area contributed by atoms with Crippen molar-refractivity contribution in [2.24, 2.45) is 0 Å². The lowest BCUT2D eigenvalue weighted by atomic mass is 10.2. The van der Waals surface area contributed by atoms with Crippen molar-refractivity contribution in [2.75, 3.05) is 0 Å². The molecule has 0 aliphatic rings. The smallest absolute Gasteiger partial charge is 0.428 e. The molecule has 17 heavy (non-hydrogen) atoms. The van der Waals surface area contributed by atoms with E-state index >= 15 is 0 Å². The summed E-state index contributed by atoms with van der Waals surface area (Å²) in [7, 11) is 0. The summed E-state index contributed by atoms with van der Waals surface area (Å²) >= 11 is 3.17. The van der Waals surface area contributed by atoms with E-state index in [-0.39, 0.29) is 5.75 Å². The van der Waals surface area contributed by atoms with Crippen LogP contribution in [0, 0.1) is 0 Å². The molecule has 0 unspecified atom stereocenters. The van der Waals surface area contributed by atoms with Gasteiger partial charge in [0.25, 0.3) is 0 Å². The molecule has 1 aromatic rings. The van der Waals surface area contributed by atoms with Crippen LogP contribution in [0.1, 0.15) is 20.8 Å². The minimum Gasteiger partial charge on any atom is -0.428 e. The van der Waals surface area contributed by atoms with E-state index in [4.69, 9.17) is 9.47 Å². The summed E-state index contributed by atoms with van der Waals surface area (Å²) in [5.74, 6) is -0.0649. The zero-order chi connectivity index (χ0) is 13.1. The predicted molar refractivity (Wildman–Crippen MR) is 67.3 cm³/mol. The maximum atomic E-state index is 11.6. The van der Waals surface area contributed by atoms with Crippen LogP contribution in [0.5, 0.6) is 5.75 Å². The van der Waals surface area contributed by atoms with E-state index in [1.807, 2.05) is 0 Å². The third kappa shape index (κ3) is 4.99. The normalized spacial score (nSPS) is 10.8. The van der Waals surface area contributed by atoms with Crippen molar-refractivity contribution in [3.63, 3.8) is 0 Å².